The largest absolute Gasteiger partial charge is 0.462 e. The van der Waals surface area contributed by atoms with Crippen LogP contribution in [0.3, 0.4) is 0 Å². The Balaban J connectivity index is 2.17. The number of pyridine rings is 2. The van der Waals surface area contributed by atoms with E-state index in [1.165, 1.54) is 10.5 Å². The fourth-order valence-electron chi connectivity index (χ4n) is 4.27. The fourth-order valence-corrected chi connectivity index (χ4v) is 4.27. The lowest BCUT2D eigenvalue weighted by molar-refractivity contribution is 0.0523. The summed E-state index contributed by atoms with van der Waals surface area (Å²) in [5.41, 5.74) is 3.77. The molecule has 0 saturated heterocycles. The molecule has 4 rings (SSSR count). The minimum Gasteiger partial charge on any atom is -0.462 e. The summed E-state index contributed by atoms with van der Waals surface area (Å²) in [5, 5.41) is 0.239. The molecule has 0 radical (unpaired) electrons. The van der Waals surface area contributed by atoms with Gasteiger partial charge < -0.3 is 9.30 Å². The van der Waals surface area contributed by atoms with Gasteiger partial charge in [0, 0.05) is 17.8 Å². The van der Waals surface area contributed by atoms with Gasteiger partial charge in [-0.2, -0.15) is 4.99 Å². The smallest absolute Gasteiger partial charge is 0.341 e. The zero-order valence-electron chi connectivity index (χ0n) is 20.7. The van der Waals surface area contributed by atoms with Crippen LogP contribution in [0.5, 0.6) is 0 Å². The van der Waals surface area contributed by atoms with Crippen molar-refractivity contribution >= 4 is 28.6 Å². The van der Waals surface area contributed by atoms with Gasteiger partial charge in [-0.15, -0.1) is 0 Å². The summed E-state index contributed by atoms with van der Waals surface area (Å²) >= 11 is 0. The van der Waals surface area contributed by atoms with Gasteiger partial charge in [0.2, 0.25) is 0 Å². The first-order valence-corrected chi connectivity index (χ1v) is 11.5. The number of ether oxygens (including phenoxy) is 1. The summed E-state index contributed by atoms with van der Waals surface area (Å²) in [7, 11) is 0. The molecule has 8 nitrogen and oxygen atoms in total. The van der Waals surface area contributed by atoms with Crippen molar-refractivity contribution < 1.29 is 14.3 Å². The Labute approximate surface area is 202 Å². The van der Waals surface area contributed by atoms with Gasteiger partial charge in [0.15, 0.2) is 5.49 Å². The molecule has 0 unspecified atom stereocenters. The molecule has 0 aliphatic carbocycles. The Kier molecular flexibility index (Phi) is 6.39. The van der Waals surface area contributed by atoms with E-state index in [0.717, 1.165) is 16.7 Å². The molecule has 0 atom stereocenters. The normalized spacial score (nSPS) is 12.0. The number of nitrogens with zero attached hydrogens (tertiary/aromatic N) is 4. The van der Waals surface area contributed by atoms with E-state index in [1.54, 1.807) is 35.9 Å². The van der Waals surface area contributed by atoms with E-state index in [4.69, 9.17) is 9.72 Å². The van der Waals surface area contributed by atoms with Crippen LogP contribution in [0.4, 0.5) is 0 Å². The summed E-state index contributed by atoms with van der Waals surface area (Å²) < 4.78 is 8.39. The molecule has 35 heavy (non-hydrogen) atoms. The van der Waals surface area contributed by atoms with Crippen molar-refractivity contribution in [2.75, 3.05) is 6.61 Å². The molecule has 0 spiro atoms. The van der Waals surface area contributed by atoms with Crippen LogP contribution in [-0.2, 0) is 4.74 Å². The molecule has 0 bridgehead atoms. The Morgan fingerprint density at radius 1 is 1.06 bits per heavy atom. The minimum atomic E-state index is -0.662. The predicted octanol–water partition coefficient (Wildman–Crippen LogP) is 4.07. The maximum atomic E-state index is 13.4. The van der Waals surface area contributed by atoms with Crippen LogP contribution >= 0.6 is 0 Å². The predicted molar refractivity (Wildman–Crippen MR) is 134 cm³/mol. The third-order valence-electron chi connectivity index (χ3n) is 5.74. The van der Waals surface area contributed by atoms with Crippen molar-refractivity contribution in [3.63, 3.8) is 0 Å². The lowest BCUT2D eigenvalue weighted by Crippen LogP contribution is -2.33. The van der Waals surface area contributed by atoms with Gasteiger partial charge in [-0.1, -0.05) is 23.3 Å². The van der Waals surface area contributed by atoms with Crippen LogP contribution in [0.15, 0.2) is 52.4 Å². The molecule has 1 amide bonds. The standard InChI is InChI=1S/C27H28N4O4/c1-7-35-27(34)21-14-20-23(28-22-18(6)9-8-10-30(22)26(20)33)31(15(2)3)24(21)29-25(32)19-12-16(4)11-17(5)13-19/h8-15H,7H2,1-6H3. The molecular formula is C27H28N4O4. The van der Waals surface area contributed by atoms with Gasteiger partial charge in [-0.3, -0.25) is 14.0 Å². The van der Waals surface area contributed by atoms with E-state index in [2.05, 4.69) is 4.99 Å². The van der Waals surface area contributed by atoms with Gasteiger partial charge in [0.05, 0.1) is 12.0 Å². The van der Waals surface area contributed by atoms with Crippen LogP contribution in [0.1, 0.15) is 64.2 Å². The average Bonchev–Trinajstić information content (AvgIpc) is 2.78. The second kappa shape index (κ2) is 9.29. The first kappa shape index (κ1) is 24.1. The van der Waals surface area contributed by atoms with E-state index in [1.807, 2.05) is 46.8 Å². The van der Waals surface area contributed by atoms with Crippen molar-refractivity contribution in [3.05, 3.63) is 86.3 Å². The molecule has 0 saturated carbocycles. The van der Waals surface area contributed by atoms with Crippen LogP contribution in [0, 0.1) is 20.8 Å². The molecule has 3 heterocycles. The molecule has 4 aromatic rings. The number of hydrogen-bond acceptors (Lipinski definition) is 5. The lowest BCUT2D eigenvalue weighted by atomic mass is 10.1. The zero-order chi connectivity index (χ0) is 25.4. The van der Waals surface area contributed by atoms with Crippen LogP contribution in [0.2, 0.25) is 0 Å². The number of hydrogen-bond donors (Lipinski definition) is 0. The third kappa shape index (κ3) is 4.39. The van der Waals surface area contributed by atoms with E-state index in [0.29, 0.717) is 16.9 Å². The van der Waals surface area contributed by atoms with E-state index in [9.17, 15) is 14.4 Å². The fraction of sp³-hybridized carbons (Fsp3) is 0.296. The van der Waals surface area contributed by atoms with Crippen molar-refractivity contribution in [3.8, 4) is 0 Å². The van der Waals surface area contributed by atoms with Crippen molar-refractivity contribution in [2.45, 2.75) is 47.6 Å². The molecule has 0 aliphatic rings. The molecule has 180 valence electrons. The highest BCUT2D eigenvalue weighted by Crippen LogP contribution is 2.17. The summed E-state index contributed by atoms with van der Waals surface area (Å²) in [6.45, 7) is 11.3. The molecule has 0 N–H and O–H groups in total. The second-order valence-electron chi connectivity index (χ2n) is 8.90. The van der Waals surface area contributed by atoms with E-state index < -0.39 is 11.9 Å². The number of esters is 1. The maximum Gasteiger partial charge on any atom is 0.341 e. The highest BCUT2D eigenvalue weighted by molar-refractivity contribution is 5.97. The molecule has 3 aromatic heterocycles. The first-order valence-electron chi connectivity index (χ1n) is 11.5. The molecular weight excluding hydrogens is 444 g/mol. The highest BCUT2D eigenvalue weighted by atomic mass is 16.5. The van der Waals surface area contributed by atoms with E-state index >= 15 is 0 Å². The molecule has 8 heteroatoms. The number of carbonyl (C=O) groups is 2. The number of carbonyl (C=O) groups excluding carboxylic acids is 2. The quantitative estimate of drug-likeness (QED) is 0.330. The minimum absolute atomic E-state index is 0.0391. The zero-order valence-corrected chi connectivity index (χ0v) is 20.7. The van der Waals surface area contributed by atoms with Crippen LogP contribution in [0.25, 0.3) is 16.7 Å². The Morgan fingerprint density at radius 3 is 2.37 bits per heavy atom. The number of aromatic nitrogens is 3. The number of aryl methyl sites for hydroxylation is 3. The van der Waals surface area contributed by atoms with Gasteiger partial charge in [0.1, 0.15) is 16.9 Å². The summed E-state index contributed by atoms with van der Waals surface area (Å²) in [6, 6.07) is 10.3. The number of rotatable bonds is 4. The summed E-state index contributed by atoms with van der Waals surface area (Å²) in [6.07, 6.45) is 1.64. The monoisotopic (exact) mass is 472 g/mol. The second-order valence-corrected chi connectivity index (χ2v) is 8.90. The highest BCUT2D eigenvalue weighted by Gasteiger charge is 2.22. The van der Waals surface area contributed by atoms with Gasteiger partial charge in [-0.05, 0) is 71.4 Å². The number of fused-ring (bicyclic) bond motifs is 2. The topological polar surface area (TPSA) is 95.0 Å². The van der Waals surface area contributed by atoms with Gasteiger partial charge in [0.25, 0.3) is 11.5 Å². The van der Waals surface area contributed by atoms with Crippen molar-refractivity contribution in [2.24, 2.45) is 4.99 Å². The van der Waals surface area contributed by atoms with Gasteiger partial charge in [-0.25, -0.2) is 9.78 Å². The Hall–Kier alpha value is -4.07. The lowest BCUT2D eigenvalue weighted by Gasteiger charge is -2.18. The van der Waals surface area contributed by atoms with Crippen molar-refractivity contribution in [1.82, 2.24) is 14.0 Å². The number of benzene rings is 1. The summed E-state index contributed by atoms with van der Waals surface area (Å²) in [5.74, 6) is -1.16. The van der Waals surface area contributed by atoms with Crippen LogP contribution < -0.4 is 11.0 Å². The van der Waals surface area contributed by atoms with Gasteiger partial charge >= 0.3 is 5.97 Å². The number of amides is 1. The summed E-state index contributed by atoms with van der Waals surface area (Å²) in [4.78, 5) is 48.9. The average molecular weight is 473 g/mol. The Bertz CT molecular complexity index is 1610. The maximum absolute atomic E-state index is 13.4. The molecule has 0 fully saturated rings. The molecule has 0 aliphatic heterocycles. The molecule has 1 aromatic carbocycles. The van der Waals surface area contributed by atoms with Crippen molar-refractivity contribution in [1.29, 1.82) is 0 Å². The van der Waals surface area contributed by atoms with E-state index in [-0.39, 0.29) is 34.6 Å². The van der Waals surface area contributed by atoms with Crippen LogP contribution in [-0.4, -0.2) is 32.4 Å². The Morgan fingerprint density at radius 2 is 1.74 bits per heavy atom. The first-order chi connectivity index (χ1) is 16.6. The SMILES string of the molecule is CCOC(=O)c1cc2c(=O)n3cccc(C)c3nc2n(C(C)C)c1=NC(=O)c1cc(C)cc(C)c1. The third-order valence-corrected chi connectivity index (χ3v) is 5.74.